The van der Waals surface area contributed by atoms with Crippen molar-refractivity contribution in [3.8, 4) is 0 Å². The molecule has 1 rings (SSSR count). The molecule has 0 fully saturated rings. The molecule has 1 heterocycles. The molecule has 0 aromatic carbocycles. The Balaban J connectivity index is 2.44. The molecule has 0 aliphatic carbocycles. The Morgan fingerprint density at radius 2 is 2.38 bits per heavy atom. The number of rotatable bonds is 5. The number of aromatic carboxylic acids is 1. The smallest absolute Gasteiger partial charge is 0.338 e. The van der Waals surface area contributed by atoms with Crippen LogP contribution in [0.3, 0.4) is 0 Å². The second kappa shape index (κ2) is 4.94. The SMILES string of the molecule is O=C(O)c1coc(CSCCO)c1. The lowest BCUT2D eigenvalue weighted by Crippen LogP contribution is -1.92. The van der Waals surface area contributed by atoms with Crippen LogP contribution in [0.25, 0.3) is 0 Å². The third-order valence-electron chi connectivity index (χ3n) is 1.38. The summed E-state index contributed by atoms with van der Waals surface area (Å²) in [7, 11) is 0. The van der Waals surface area contributed by atoms with Crippen molar-refractivity contribution in [1.82, 2.24) is 0 Å². The van der Waals surface area contributed by atoms with Crippen molar-refractivity contribution in [2.24, 2.45) is 0 Å². The minimum atomic E-state index is -0.984. The Morgan fingerprint density at radius 1 is 1.62 bits per heavy atom. The zero-order chi connectivity index (χ0) is 9.68. The van der Waals surface area contributed by atoms with Crippen LogP contribution in [0.15, 0.2) is 16.7 Å². The van der Waals surface area contributed by atoms with Gasteiger partial charge in [-0.3, -0.25) is 0 Å². The van der Waals surface area contributed by atoms with Crippen molar-refractivity contribution in [3.05, 3.63) is 23.7 Å². The Bertz CT molecular complexity index is 281. The molecule has 0 radical (unpaired) electrons. The highest BCUT2D eigenvalue weighted by Crippen LogP contribution is 2.14. The fourth-order valence-electron chi connectivity index (χ4n) is 0.806. The van der Waals surface area contributed by atoms with Crippen molar-refractivity contribution in [2.45, 2.75) is 5.75 Å². The van der Waals surface area contributed by atoms with Gasteiger partial charge >= 0.3 is 5.97 Å². The summed E-state index contributed by atoms with van der Waals surface area (Å²) in [5.74, 6) is 0.856. The number of hydrogen-bond acceptors (Lipinski definition) is 4. The van der Waals surface area contributed by atoms with Crippen molar-refractivity contribution in [3.63, 3.8) is 0 Å². The van der Waals surface area contributed by atoms with Gasteiger partial charge in [0.25, 0.3) is 0 Å². The lowest BCUT2D eigenvalue weighted by atomic mass is 10.3. The van der Waals surface area contributed by atoms with Gasteiger partial charge < -0.3 is 14.6 Å². The van der Waals surface area contributed by atoms with Gasteiger partial charge in [0.2, 0.25) is 0 Å². The number of furan rings is 1. The van der Waals surface area contributed by atoms with Gasteiger partial charge in [-0.1, -0.05) is 0 Å². The van der Waals surface area contributed by atoms with Crippen molar-refractivity contribution >= 4 is 17.7 Å². The quantitative estimate of drug-likeness (QED) is 0.702. The summed E-state index contributed by atoms with van der Waals surface area (Å²) >= 11 is 1.49. The van der Waals surface area contributed by atoms with E-state index in [0.29, 0.717) is 17.3 Å². The van der Waals surface area contributed by atoms with Crippen LogP contribution in [-0.4, -0.2) is 28.5 Å². The molecule has 1 aromatic heterocycles. The molecule has 0 aliphatic heterocycles. The van der Waals surface area contributed by atoms with Crippen LogP contribution in [0.2, 0.25) is 0 Å². The third kappa shape index (κ3) is 3.12. The molecule has 0 saturated heterocycles. The van der Waals surface area contributed by atoms with Crippen LogP contribution in [0.1, 0.15) is 16.1 Å². The van der Waals surface area contributed by atoms with Gasteiger partial charge in [-0.05, 0) is 6.07 Å². The number of aliphatic hydroxyl groups excluding tert-OH is 1. The van der Waals surface area contributed by atoms with E-state index in [1.165, 1.54) is 24.1 Å². The Hall–Kier alpha value is -0.940. The van der Waals surface area contributed by atoms with Crippen molar-refractivity contribution in [2.75, 3.05) is 12.4 Å². The maximum Gasteiger partial charge on any atom is 0.338 e. The Labute approximate surface area is 79.6 Å². The second-order valence-corrected chi connectivity index (χ2v) is 3.49. The molecule has 0 aliphatic rings. The monoisotopic (exact) mass is 202 g/mol. The predicted octanol–water partition coefficient (Wildman–Crippen LogP) is 1.20. The van der Waals surface area contributed by atoms with E-state index in [1.54, 1.807) is 0 Å². The van der Waals surface area contributed by atoms with Crippen molar-refractivity contribution < 1.29 is 19.4 Å². The zero-order valence-electron chi connectivity index (χ0n) is 6.90. The summed E-state index contributed by atoms with van der Waals surface area (Å²) in [6.45, 7) is 0.122. The first-order chi connectivity index (χ1) is 6.24. The minimum absolute atomic E-state index is 0.122. The van der Waals surface area contributed by atoms with E-state index < -0.39 is 5.97 Å². The molecule has 2 N–H and O–H groups in total. The zero-order valence-corrected chi connectivity index (χ0v) is 7.71. The molecule has 5 heteroatoms. The van der Waals surface area contributed by atoms with E-state index in [0.717, 1.165) is 0 Å². The minimum Gasteiger partial charge on any atom is -0.478 e. The fraction of sp³-hybridized carbons (Fsp3) is 0.375. The highest BCUT2D eigenvalue weighted by atomic mass is 32.2. The van der Waals surface area contributed by atoms with E-state index in [-0.39, 0.29) is 12.2 Å². The van der Waals surface area contributed by atoms with E-state index in [2.05, 4.69) is 0 Å². The van der Waals surface area contributed by atoms with Crippen LogP contribution in [0.4, 0.5) is 0 Å². The molecule has 72 valence electrons. The molecule has 4 nitrogen and oxygen atoms in total. The number of thioether (sulfide) groups is 1. The van der Waals surface area contributed by atoms with E-state index in [4.69, 9.17) is 14.6 Å². The molecule has 0 spiro atoms. The number of aliphatic hydroxyl groups is 1. The number of hydrogen-bond donors (Lipinski definition) is 2. The number of carboxylic acids is 1. The molecule has 1 aromatic rings. The van der Waals surface area contributed by atoms with Crippen LogP contribution in [-0.2, 0) is 5.75 Å². The first-order valence-corrected chi connectivity index (χ1v) is 4.89. The largest absolute Gasteiger partial charge is 0.478 e. The maximum atomic E-state index is 10.4. The Morgan fingerprint density at radius 3 is 2.92 bits per heavy atom. The average molecular weight is 202 g/mol. The van der Waals surface area contributed by atoms with Crippen molar-refractivity contribution in [1.29, 1.82) is 0 Å². The maximum absolute atomic E-state index is 10.4. The molecule has 0 bridgehead atoms. The van der Waals surface area contributed by atoms with Crippen LogP contribution < -0.4 is 0 Å². The van der Waals surface area contributed by atoms with Gasteiger partial charge in [0, 0.05) is 5.75 Å². The lowest BCUT2D eigenvalue weighted by Gasteiger charge is -1.93. The van der Waals surface area contributed by atoms with Gasteiger partial charge in [0.05, 0.1) is 17.9 Å². The number of carbonyl (C=O) groups is 1. The molecule has 13 heavy (non-hydrogen) atoms. The summed E-state index contributed by atoms with van der Waals surface area (Å²) < 4.78 is 4.99. The van der Waals surface area contributed by atoms with Gasteiger partial charge in [-0.15, -0.1) is 0 Å². The van der Waals surface area contributed by atoms with E-state index in [9.17, 15) is 4.79 Å². The summed E-state index contributed by atoms with van der Waals surface area (Å²) in [5, 5.41) is 17.1. The molecular formula is C8H10O4S. The molecule has 0 saturated carbocycles. The molecule has 0 amide bonds. The van der Waals surface area contributed by atoms with E-state index >= 15 is 0 Å². The second-order valence-electron chi connectivity index (χ2n) is 2.38. The topological polar surface area (TPSA) is 70.7 Å². The summed E-state index contributed by atoms with van der Waals surface area (Å²) in [6.07, 6.45) is 1.22. The number of carboxylic acid groups (broad SMARTS) is 1. The molecule has 0 unspecified atom stereocenters. The van der Waals surface area contributed by atoms with Crippen LogP contribution in [0, 0.1) is 0 Å². The predicted molar refractivity (Wildman–Crippen MR) is 48.9 cm³/mol. The van der Waals surface area contributed by atoms with Gasteiger partial charge in [0.15, 0.2) is 0 Å². The first kappa shape index (κ1) is 10.1. The molecular weight excluding hydrogens is 192 g/mol. The highest BCUT2D eigenvalue weighted by molar-refractivity contribution is 7.98. The average Bonchev–Trinajstić information content (AvgIpc) is 2.53. The third-order valence-corrected chi connectivity index (χ3v) is 2.34. The van der Waals surface area contributed by atoms with Gasteiger partial charge in [0.1, 0.15) is 12.0 Å². The summed E-state index contributed by atoms with van der Waals surface area (Å²) in [4.78, 5) is 10.4. The Kier molecular flexibility index (Phi) is 3.85. The first-order valence-electron chi connectivity index (χ1n) is 3.73. The fourth-order valence-corrected chi connectivity index (χ4v) is 1.43. The van der Waals surface area contributed by atoms with Crippen LogP contribution >= 0.6 is 11.8 Å². The summed E-state index contributed by atoms with van der Waals surface area (Å²) in [5.41, 5.74) is 0.166. The van der Waals surface area contributed by atoms with Gasteiger partial charge in [-0.25, -0.2) is 4.79 Å². The summed E-state index contributed by atoms with van der Waals surface area (Å²) in [6, 6.07) is 1.49. The molecule has 0 atom stereocenters. The normalized spacial score (nSPS) is 10.2. The lowest BCUT2D eigenvalue weighted by molar-refractivity contribution is 0.0696. The van der Waals surface area contributed by atoms with Gasteiger partial charge in [-0.2, -0.15) is 11.8 Å². The van der Waals surface area contributed by atoms with Crippen LogP contribution in [0.5, 0.6) is 0 Å². The standard InChI is InChI=1S/C8H10O4S/c9-1-2-13-5-7-3-6(4-12-7)8(10)11/h3-4,9H,1-2,5H2,(H,10,11). The van der Waals surface area contributed by atoms with E-state index in [1.807, 2.05) is 0 Å². The highest BCUT2D eigenvalue weighted by Gasteiger charge is 2.07.